The van der Waals surface area contributed by atoms with Gasteiger partial charge in [-0.1, -0.05) is 0 Å². The van der Waals surface area contributed by atoms with Gasteiger partial charge in [0.1, 0.15) is 12.4 Å². The summed E-state index contributed by atoms with van der Waals surface area (Å²) < 4.78 is 10.6. The van der Waals surface area contributed by atoms with Crippen LogP contribution in [-0.4, -0.2) is 47.5 Å². The van der Waals surface area contributed by atoms with E-state index in [2.05, 4.69) is 15.3 Å². The Labute approximate surface area is 135 Å². The molecule has 1 aromatic heterocycles. The topological polar surface area (TPSA) is 76.5 Å². The van der Waals surface area contributed by atoms with Crippen LogP contribution in [0, 0.1) is 0 Å². The number of rotatable bonds is 6. The Kier molecular flexibility index (Phi) is 5.25. The standard InChI is InChI=1S/C17H23N3O3/c1-22-8-9-23-15-7-2-12-11-18-17(20-16(12)10-15)19-13-3-5-14(21)6-4-13/h2,7,10-11,13-14,21H,3-6,8-9H2,1H3,(H,18,19,20). The van der Waals surface area contributed by atoms with Gasteiger partial charge >= 0.3 is 0 Å². The zero-order valence-electron chi connectivity index (χ0n) is 13.4. The highest BCUT2D eigenvalue weighted by molar-refractivity contribution is 5.80. The number of aliphatic hydroxyl groups is 1. The third-order valence-corrected chi connectivity index (χ3v) is 4.14. The molecule has 0 radical (unpaired) electrons. The molecule has 0 atom stereocenters. The van der Waals surface area contributed by atoms with Crippen LogP contribution in [0.5, 0.6) is 5.75 Å². The lowest BCUT2D eigenvalue weighted by Crippen LogP contribution is -2.28. The number of ether oxygens (including phenoxy) is 2. The second kappa shape index (κ2) is 7.57. The zero-order valence-corrected chi connectivity index (χ0v) is 13.4. The summed E-state index contributed by atoms with van der Waals surface area (Å²) in [4.78, 5) is 8.96. The molecule has 0 bridgehead atoms. The van der Waals surface area contributed by atoms with Crippen LogP contribution in [0.25, 0.3) is 10.9 Å². The number of nitrogens with zero attached hydrogens (tertiary/aromatic N) is 2. The Balaban J connectivity index is 1.69. The van der Waals surface area contributed by atoms with E-state index < -0.39 is 0 Å². The summed E-state index contributed by atoms with van der Waals surface area (Å²) in [5.74, 6) is 1.41. The van der Waals surface area contributed by atoms with Crippen molar-refractivity contribution in [2.75, 3.05) is 25.6 Å². The van der Waals surface area contributed by atoms with Crippen molar-refractivity contribution in [1.82, 2.24) is 9.97 Å². The Hall–Kier alpha value is -1.92. The van der Waals surface area contributed by atoms with Gasteiger partial charge in [-0.25, -0.2) is 9.97 Å². The molecule has 0 saturated heterocycles. The molecule has 1 aromatic carbocycles. The number of hydrogen-bond acceptors (Lipinski definition) is 6. The maximum atomic E-state index is 9.57. The summed E-state index contributed by atoms with van der Waals surface area (Å²) >= 11 is 0. The predicted octanol–water partition coefficient (Wildman–Crippen LogP) is 2.37. The van der Waals surface area contributed by atoms with Gasteiger partial charge in [-0.2, -0.15) is 0 Å². The number of aromatic nitrogens is 2. The van der Waals surface area contributed by atoms with Gasteiger partial charge in [-0.3, -0.25) is 0 Å². The second-order valence-corrected chi connectivity index (χ2v) is 5.91. The van der Waals surface area contributed by atoms with E-state index in [0.717, 1.165) is 42.3 Å². The zero-order chi connectivity index (χ0) is 16.1. The molecule has 1 heterocycles. The molecule has 23 heavy (non-hydrogen) atoms. The van der Waals surface area contributed by atoms with E-state index in [-0.39, 0.29) is 6.10 Å². The summed E-state index contributed by atoms with van der Waals surface area (Å²) in [6.07, 6.45) is 5.23. The van der Waals surface area contributed by atoms with Crippen LogP contribution in [0.4, 0.5) is 5.95 Å². The molecule has 2 N–H and O–H groups in total. The molecular formula is C17H23N3O3. The summed E-state index contributed by atoms with van der Waals surface area (Å²) in [5.41, 5.74) is 0.855. The van der Waals surface area contributed by atoms with Crippen LogP contribution in [0.2, 0.25) is 0 Å². The van der Waals surface area contributed by atoms with E-state index in [4.69, 9.17) is 9.47 Å². The molecule has 0 aliphatic heterocycles. The Morgan fingerprint density at radius 2 is 2.04 bits per heavy atom. The third kappa shape index (κ3) is 4.30. The van der Waals surface area contributed by atoms with Crippen LogP contribution in [0.3, 0.4) is 0 Å². The number of methoxy groups -OCH3 is 1. The van der Waals surface area contributed by atoms with Gasteiger partial charge in [0.05, 0.1) is 18.2 Å². The normalized spacial score (nSPS) is 21.3. The first-order valence-electron chi connectivity index (χ1n) is 8.08. The van der Waals surface area contributed by atoms with E-state index in [1.165, 1.54) is 0 Å². The predicted molar refractivity (Wildman–Crippen MR) is 88.8 cm³/mol. The highest BCUT2D eigenvalue weighted by Gasteiger charge is 2.19. The highest BCUT2D eigenvalue weighted by Crippen LogP contribution is 2.23. The second-order valence-electron chi connectivity index (χ2n) is 5.91. The SMILES string of the molecule is COCCOc1ccc2cnc(NC3CCC(O)CC3)nc2c1. The fraction of sp³-hybridized carbons (Fsp3) is 0.529. The quantitative estimate of drug-likeness (QED) is 0.797. The molecule has 0 unspecified atom stereocenters. The number of aliphatic hydroxyl groups excluding tert-OH is 1. The Bertz CT molecular complexity index is 642. The lowest BCUT2D eigenvalue weighted by Gasteiger charge is -2.26. The lowest BCUT2D eigenvalue weighted by molar-refractivity contribution is 0.126. The first-order chi connectivity index (χ1) is 11.2. The van der Waals surface area contributed by atoms with Gasteiger partial charge in [0.2, 0.25) is 5.95 Å². The molecule has 6 nitrogen and oxygen atoms in total. The van der Waals surface area contributed by atoms with Crippen LogP contribution < -0.4 is 10.1 Å². The van der Waals surface area contributed by atoms with Crippen molar-refractivity contribution in [2.24, 2.45) is 0 Å². The molecule has 1 aliphatic carbocycles. The molecule has 0 spiro atoms. The minimum Gasteiger partial charge on any atom is -0.491 e. The Morgan fingerprint density at radius 1 is 1.22 bits per heavy atom. The summed E-state index contributed by atoms with van der Waals surface area (Å²) in [5, 5.41) is 13.9. The maximum Gasteiger partial charge on any atom is 0.223 e. The summed E-state index contributed by atoms with van der Waals surface area (Å²) in [6.45, 7) is 1.07. The minimum atomic E-state index is -0.155. The largest absolute Gasteiger partial charge is 0.491 e. The van der Waals surface area contributed by atoms with Gasteiger partial charge in [0, 0.05) is 30.8 Å². The Morgan fingerprint density at radius 3 is 2.83 bits per heavy atom. The summed E-state index contributed by atoms with van der Waals surface area (Å²) in [6, 6.07) is 6.12. The smallest absolute Gasteiger partial charge is 0.223 e. The molecule has 1 saturated carbocycles. The average molecular weight is 317 g/mol. The van der Waals surface area contributed by atoms with Crippen LogP contribution in [0.1, 0.15) is 25.7 Å². The van der Waals surface area contributed by atoms with Crippen molar-refractivity contribution in [3.8, 4) is 5.75 Å². The molecule has 0 amide bonds. The number of hydrogen-bond donors (Lipinski definition) is 2. The summed E-state index contributed by atoms with van der Waals surface area (Å²) in [7, 11) is 1.65. The lowest BCUT2D eigenvalue weighted by atomic mass is 9.93. The van der Waals surface area contributed by atoms with Gasteiger partial charge in [-0.15, -0.1) is 0 Å². The van der Waals surface area contributed by atoms with Crippen LogP contribution >= 0.6 is 0 Å². The van der Waals surface area contributed by atoms with Crippen molar-refractivity contribution in [3.63, 3.8) is 0 Å². The molecule has 6 heteroatoms. The van der Waals surface area contributed by atoms with Gasteiger partial charge in [0.15, 0.2) is 0 Å². The van der Waals surface area contributed by atoms with E-state index >= 15 is 0 Å². The van der Waals surface area contributed by atoms with E-state index in [0.29, 0.717) is 25.2 Å². The van der Waals surface area contributed by atoms with Gasteiger partial charge < -0.3 is 19.9 Å². The first kappa shape index (κ1) is 16.0. The first-order valence-corrected chi connectivity index (χ1v) is 8.08. The van der Waals surface area contributed by atoms with E-state index in [1.54, 1.807) is 7.11 Å². The van der Waals surface area contributed by atoms with Crippen LogP contribution in [-0.2, 0) is 4.74 Å². The molecule has 1 aliphatic rings. The van der Waals surface area contributed by atoms with Crippen molar-refractivity contribution in [2.45, 2.75) is 37.8 Å². The van der Waals surface area contributed by atoms with E-state index in [9.17, 15) is 5.11 Å². The number of fused-ring (bicyclic) bond motifs is 1. The molecular weight excluding hydrogens is 294 g/mol. The van der Waals surface area contributed by atoms with Gasteiger partial charge in [-0.05, 0) is 37.8 Å². The fourth-order valence-electron chi connectivity index (χ4n) is 2.81. The minimum absolute atomic E-state index is 0.155. The van der Waals surface area contributed by atoms with E-state index in [1.807, 2.05) is 24.4 Å². The van der Waals surface area contributed by atoms with Gasteiger partial charge in [0.25, 0.3) is 0 Å². The van der Waals surface area contributed by atoms with Crippen LogP contribution in [0.15, 0.2) is 24.4 Å². The molecule has 2 aromatic rings. The monoisotopic (exact) mass is 317 g/mol. The van der Waals surface area contributed by atoms with Crippen molar-refractivity contribution in [1.29, 1.82) is 0 Å². The average Bonchev–Trinajstić information content (AvgIpc) is 2.57. The fourth-order valence-corrected chi connectivity index (χ4v) is 2.81. The molecule has 124 valence electrons. The van der Waals surface area contributed by atoms with Crippen molar-refractivity contribution >= 4 is 16.9 Å². The maximum absolute atomic E-state index is 9.57. The van der Waals surface area contributed by atoms with Crippen molar-refractivity contribution < 1.29 is 14.6 Å². The molecule has 3 rings (SSSR count). The highest BCUT2D eigenvalue weighted by atomic mass is 16.5. The van der Waals surface area contributed by atoms with Crippen molar-refractivity contribution in [3.05, 3.63) is 24.4 Å². The number of anilines is 1. The molecule has 1 fully saturated rings. The third-order valence-electron chi connectivity index (χ3n) is 4.14. The number of benzene rings is 1. The number of nitrogens with one attached hydrogen (secondary N) is 1.